The number of hydrogen-bond acceptors (Lipinski definition) is 2. The summed E-state index contributed by atoms with van der Waals surface area (Å²) < 4.78 is 0. The number of amides is 2. The van der Waals surface area contributed by atoms with E-state index in [0.29, 0.717) is 12.1 Å². The molecule has 4 nitrogen and oxygen atoms in total. The van der Waals surface area contributed by atoms with E-state index in [9.17, 15) is 4.79 Å². The average molecular weight is 213 g/mol. The van der Waals surface area contributed by atoms with Gasteiger partial charge in [0.2, 0.25) is 0 Å². The van der Waals surface area contributed by atoms with Crippen LogP contribution in [0.5, 0.6) is 0 Å². The Morgan fingerprint density at radius 3 is 2.47 bits per heavy atom. The number of likely N-dealkylation sites (N-methyl/N-ethyl adjacent to an activating group) is 1. The van der Waals surface area contributed by atoms with E-state index >= 15 is 0 Å². The Hall–Kier alpha value is -0.770. The molecule has 1 saturated carbocycles. The summed E-state index contributed by atoms with van der Waals surface area (Å²) in [5.74, 6) is 0. The first-order chi connectivity index (χ1) is 7.17. The van der Waals surface area contributed by atoms with E-state index in [-0.39, 0.29) is 6.03 Å². The molecule has 1 aliphatic rings. The lowest BCUT2D eigenvalue weighted by Gasteiger charge is -2.26. The Labute approximate surface area is 92.4 Å². The summed E-state index contributed by atoms with van der Waals surface area (Å²) in [4.78, 5) is 13.7. The fourth-order valence-electron chi connectivity index (χ4n) is 1.68. The fraction of sp³-hybridized carbons (Fsp3) is 0.909. The van der Waals surface area contributed by atoms with Gasteiger partial charge < -0.3 is 10.6 Å². The SMILES string of the molecule is CCN(CC)C(C)CNC(=O)NC1CC1. The number of nitrogens with one attached hydrogen (secondary N) is 2. The smallest absolute Gasteiger partial charge is 0.315 e. The van der Waals surface area contributed by atoms with Gasteiger partial charge in [0.05, 0.1) is 0 Å². The predicted octanol–water partition coefficient (Wildman–Crippen LogP) is 1.18. The first-order valence-corrected chi connectivity index (χ1v) is 5.95. The zero-order valence-corrected chi connectivity index (χ0v) is 10.0. The maximum Gasteiger partial charge on any atom is 0.315 e. The topological polar surface area (TPSA) is 44.4 Å². The van der Waals surface area contributed by atoms with E-state index in [0.717, 1.165) is 32.5 Å². The van der Waals surface area contributed by atoms with Crippen LogP contribution in [0.3, 0.4) is 0 Å². The van der Waals surface area contributed by atoms with Crippen molar-refractivity contribution in [3.63, 3.8) is 0 Å². The van der Waals surface area contributed by atoms with Crippen molar-refractivity contribution >= 4 is 6.03 Å². The van der Waals surface area contributed by atoms with Crippen molar-refractivity contribution in [1.82, 2.24) is 15.5 Å². The molecule has 0 heterocycles. The number of rotatable bonds is 6. The van der Waals surface area contributed by atoms with Gasteiger partial charge in [-0.2, -0.15) is 0 Å². The molecule has 0 spiro atoms. The van der Waals surface area contributed by atoms with Gasteiger partial charge in [0.25, 0.3) is 0 Å². The van der Waals surface area contributed by atoms with Gasteiger partial charge >= 0.3 is 6.03 Å². The third-order valence-electron chi connectivity index (χ3n) is 2.91. The molecule has 0 aliphatic heterocycles. The summed E-state index contributed by atoms with van der Waals surface area (Å²) in [5, 5.41) is 5.83. The van der Waals surface area contributed by atoms with Crippen LogP contribution in [0, 0.1) is 0 Å². The molecule has 0 aromatic heterocycles. The zero-order valence-electron chi connectivity index (χ0n) is 10.0. The number of urea groups is 1. The molecule has 0 radical (unpaired) electrons. The van der Waals surface area contributed by atoms with E-state index in [1.807, 2.05) is 0 Å². The molecule has 0 aromatic rings. The van der Waals surface area contributed by atoms with E-state index < -0.39 is 0 Å². The normalized spacial score (nSPS) is 17.6. The van der Waals surface area contributed by atoms with Crippen LogP contribution >= 0.6 is 0 Å². The number of nitrogens with zero attached hydrogens (tertiary/aromatic N) is 1. The minimum atomic E-state index is -0.0171. The Kier molecular flexibility index (Phi) is 4.88. The molecule has 2 amide bonds. The maximum atomic E-state index is 11.4. The third-order valence-corrected chi connectivity index (χ3v) is 2.91. The summed E-state index contributed by atoms with van der Waals surface area (Å²) >= 11 is 0. The number of carbonyl (C=O) groups excluding carboxylic acids is 1. The summed E-state index contributed by atoms with van der Waals surface area (Å²) in [6.07, 6.45) is 2.28. The van der Waals surface area contributed by atoms with Gasteiger partial charge in [-0.25, -0.2) is 4.79 Å². The maximum absolute atomic E-state index is 11.4. The van der Waals surface area contributed by atoms with Crippen LogP contribution in [0.1, 0.15) is 33.6 Å². The second-order valence-corrected chi connectivity index (χ2v) is 4.20. The van der Waals surface area contributed by atoms with Crippen molar-refractivity contribution in [3.8, 4) is 0 Å². The van der Waals surface area contributed by atoms with Crippen LogP contribution in [0.2, 0.25) is 0 Å². The monoisotopic (exact) mass is 213 g/mol. The Bertz CT molecular complexity index is 200. The molecule has 1 unspecified atom stereocenters. The standard InChI is InChI=1S/C11H23N3O/c1-4-14(5-2)9(3)8-12-11(15)13-10-6-7-10/h9-10H,4-8H2,1-3H3,(H2,12,13,15). The minimum absolute atomic E-state index is 0.0171. The number of carbonyl (C=O) groups is 1. The average Bonchev–Trinajstić information content (AvgIpc) is 3.00. The van der Waals surface area contributed by atoms with Gasteiger partial charge in [0, 0.05) is 18.6 Å². The third kappa shape index (κ3) is 4.51. The predicted molar refractivity (Wildman–Crippen MR) is 61.9 cm³/mol. The summed E-state index contributed by atoms with van der Waals surface area (Å²) in [6, 6.07) is 0.829. The highest BCUT2D eigenvalue weighted by Gasteiger charge is 2.23. The van der Waals surface area contributed by atoms with Crippen molar-refractivity contribution in [1.29, 1.82) is 0 Å². The van der Waals surface area contributed by atoms with Crippen molar-refractivity contribution < 1.29 is 4.79 Å². The second kappa shape index (κ2) is 5.95. The van der Waals surface area contributed by atoms with E-state index in [2.05, 4.69) is 36.3 Å². The van der Waals surface area contributed by atoms with Crippen LogP contribution < -0.4 is 10.6 Å². The fourth-order valence-corrected chi connectivity index (χ4v) is 1.68. The molecule has 2 N–H and O–H groups in total. The van der Waals surface area contributed by atoms with Crippen molar-refractivity contribution in [3.05, 3.63) is 0 Å². The minimum Gasteiger partial charge on any atom is -0.337 e. The second-order valence-electron chi connectivity index (χ2n) is 4.20. The van der Waals surface area contributed by atoms with Crippen LogP contribution in [-0.4, -0.2) is 42.6 Å². The van der Waals surface area contributed by atoms with Gasteiger partial charge in [-0.15, -0.1) is 0 Å². The molecule has 1 atom stereocenters. The molecule has 0 bridgehead atoms. The van der Waals surface area contributed by atoms with Crippen molar-refractivity contribution in [2.24, 2.45) is 0 Å². The highest BCUT2D eigenvalue weighted by atomic mass is 16.2. The van der Waals surface area contributed by atoms with Crippen LogP contribution in [-0.2, 0) is 0 Å². The lowest BCUT2D eigenvalue weighted by Crippen LogP contribution is -2.45. The van der Waals surface area contributed by atoms with Gasteiger partial charge in [0.1, 0.15) is 0 Å². The van der Waals surface area contributed by atoms with Crippen LogP contribution in [0.4, 0.5) is 4.79 Å². The lowest BCUT2D eigenvalue weighted by molar-refractivity contribution is 0.214. The molecule has 0 aromatic carbocycles. The number of hydrogen-bond donors (Lipinski definition) is 2. The summed E-state index contributed by atoms with van der Waals surface area (Å²) in [5.41, 5.74) is 0. The zero-order chi connectivity index (χ0) is 11.3. The molecular formula is C11H23N3O. The highest BCUT2D eigenvalue weighted by Crippen LogP contribution is 2.18. The molecule has 1 fully saturated rings. The summed E-state index contributed by atoms with van der Waals surface area (Å²) in [7, 11) is 0. The lowest BCUT2D eigenvalue weighted by atomic mass is 10.3. The van der Waals surface area contributed by atoms with Crippen LogP contribution in [0.15, 0.2) is 0 Å². The Morgan fingerprint density at radius 1 is 1.40 bits per heavy atom. The first-order valence-electron chi connectivity index (χ1n) is 5.95. The highest BCUT2D eigenvalue weighted by molar-refractivity contribution is 5.74. The largest absolute Gasteiger partial charge is 0.337 e. The van der Waals surface area contributed by atoms with E-state index in [1.54, 1.807) is 0 Å². The van der Waals surface area contributed by atoms with E-state index in [4.69, 9.17) is 0 Å². The molecule has 4 heteroatoms. The Balaban J connectivity index is 2.13. The van der Waals surface area contributed by atoms with Gasteiger partial charge in [-0.3, -0.25) is 4.90 Å². The Morgan fingerprint density at radius 2 is 2.00 bits per heavy atom. The molecule has 0 saturated heterocycles. The first kappa shape index (κ1) is 12.3. The molecule has 1 aliphatic carbocycles. The van der Waals surface area contributed by atoms with Gasteiger partial charge in [-0.05, 0) is 32.9 Å². The summed E-state index contributed by atoms with van der Waals surface area (Å²) in [6.45, 7) is 9.21. The molecule has 88 valence electrons. The van der Waals surface area contributed by atoms with Gasteiger partial charge in [0.15, 0.2) is 0 Å². The molecule has 1 rings (SSSR count). The quantitative estimate of drug-likeness (QED) is 0.696. The van der Waals surface area contributed by atoms with E-state index in [1.165, 1.54) is 0 Å². The van der Waals surface area contributed by atoms with Crippen molar-refractivity contribution in [2.75, 3.05) is 19.6 Å². The van der Waals surface area contributed by atoms with Gasteiger partial charge in [-0.1, -0.05) is 13.8 Å². The van der Waals surface area contributed by atoms with Crippen molar-refractivity contribution in [2.45, 2.75) is 45.7 Å². The molecular weight excluding hydrogens is 190 g/mol. The van der Waals surface area contributed by atoms with Crippen LogP contribution in [0.25, 0.3) is 0 Å². The molecule has 15 heavy (non-hydrogen) atoms.